The van der Waals surface area contributed by atoms with Crippen molar-refractivity contribution in [2.45, 2.75) is 179 Å². The zero-order valence-electron chi connectivity index (χ0n) is 37.0. The Balaban J connectivity index is 4.84. The van der Waals surface area contributed by atoms with E-state index in [0.29, 0.717) is 6.42 Å². The summed E-state index contributed by atoms with van der Waals surface area (Å²) < 4.78 is 47.5. The van der Waals surface area contributed by atoms with Crippen LogP contribution < -0.4 is 0 Å². The lowest BCUT2D eigenvalue weighted by atomic mass is 10.1. The van der Waals surface area contributed by atoms with Gasteiger partial charge in [0.15, 0.2) is 6.10 Å². The monoisotopic (exact) mass is 924 g/mol. The van der Waals surface area contributed by atoms with Gasteiger partial charge in [-0.15, -0.1) is 0 Å². The Morgan fingerprint density at radius 1 is 0.548 bits per heavy atom. The standard InChI is InChI=1S/C44H78O16P2/c1-3-5-7-8-9-10-11-12-13-14-15-16-17-22-26-32-44(50)60-40(37-59-62(54,55)58-35-39(46)34-57-61(51,52)53)36-56-43(49)33-27-31-42(48)41(47)30-25-21-19-18-20-24-29-38(45)28-23-6-4-2/h12-13,18-21,24-25,29-30,38-42,45-48H,3-11,14-17,22-23,26-28,31-37H2,1-2H3,(H,54,55)(H2,51,52,53)/b13-12-,20-18-,21-19+,29-24+,30-25+/t38-,39+,40-,41-,42-/m1/s1. The van der Waals surface area contributed by atoms with Crippen molar-refractivity contribution < 1.29 is 76.9 Å². The quantitative estimate of drug-likeness (QED) is 0.0100. The van der Waals surface area contributed by atoms with Gasteiger partial charge in [0, 0.05) is 12.8 Å². The summed E-state index contributed by atoms with van der Waals surface area (Å²) in [4.78, 5) is 52.7. The fourth-order valence-electron chi connectivity index (χ4n) is 5.67. The first-order valence-electron chi connectivity index (χ1n) is 22.3. The molecule has 0 aliphatic heterocycles. The predicted octanol–water partition coefficient (Wildman–Crippen LogP) is 8.14. The Morgan fingerprint density at radius 2 is 1.06 bits per heavy atom. The number of carbonyl (C=O) groups is 2. The molecule has 18 heteroatoms. The third-order valence-corrected chi connectivity index (χ3v) is 10.7. The molecule has 0 aromatic rings. The van der Waals surface area contributed by atoms with E-state index in [-0.39, 0.29) is 25.7 Å². The normalized spacial score (nSPS) is 16.1. The van der Waals surface area contributed by atoms with Crippen LogP contribution in [0.1, 0.15) is 149 Å². The van der Waals surface area contributed by atoms with Gasteiger partial charge >= 0.3 is 27.6 Å². The Bertz CT molecular complexity index is 1380. The smallest absolute Gasteiger partial charge is 0.462 e. The molecule has 0 rings (SSSR count). The molecule has 1 unspecified atom stereocenters. The van der Waals surface area contributed by atoms with E-state index < -0.39 is 84.5 Å². The number of unbranched alkanes of at least 4 members (excludes halogenated alkanes) is 13. The van der Waals surface area contributed by atoms with Crippen LogP contribution in [0.15, 0.2) is 60.8 Å². The Kier molecular flexibility index (Phi) is 37.6. The van der Waals surface area contributed by atoms with Gasteiger partial charge in [0.25, 0.3) is 0 Å². The summed E-state index contributed by atoms with van der Waals surface area (Å²) in [6.07, 6.45) is 30.1. The van der Waals surface area contributed by atoms with Crippen molar-refractivity contribution in [3.63, 3.8) is 0 Å². The van der Waals surface area contributed by atoms with E-state index in [1.165, 1.54) is 44.6 Å². The van der Waals surface area contributed by atoms with Crippen LogP contribution in [0.3, 0.4) is 0 Å². The van der Waals surface area contributed by atoms with E-state index in [1.54, 1.807) is 42.5 Å². The van der Waals surface area contributed by atoms with Crippen LogP contribution in [0.4, 0.5) is 0 Å². The maximum atomic E-state index is 12.7. The summed E-state index contributed by atoms with van der Waals surface area (Å²) in [6.45, 7) is 1.25. The van der Waals surface area contributed by atoms with Crippen LogP contribution in [0.5, 0.6) is 0 Å². The van der Waals surface area contributed by atoms with E-state index in [1.807, 2.05) is 0 Å². The second kappa shape index (κ2) is 39.1. The first-order chi connectivity index (χ1) is 29.6. The first-order valence-corrected chi connectivity index (χ1v) is 25.3. The van der Waals surface area contributed by atoms with Crippen molar-refractivity contribution >= 4 is 27.6 Å². The van der Waals surface area contributed by atoms with E-state index in [4.69, 9.17) is 23.8 Å². The van der Waals surface area contributed by atoms with Crippen molar-refractivity contribution in [2.75, 3.05) is 26.4 Å². The topological polar surface area (TPSA) is 256 Å². The van der Waals surface area contributed by atoms with Crippen LogP contribution in [0.25, 0.3) is 0 Å². The van der Waals surface area contributed by atoms with Gasteiger partial charge in [-0.25, -0.2) is 9.13 Å². The summed E-state index contributed by atoms with van der Waals surface area (Å²) >= 11 is 0. The lowest BCUT2D eigenvalue weighted by Crippen LogP contribution is -2.30. The van der Waals surface area contributed by atoms with E-state index in [9.17, 15) is 44.0 Å². The second-order valence-electron chi connectivity index (χ2n) is 15.2. The maximum absolute atomic E-state index is 12.7. The first kappa shape index (κ1) is 59.7. The van der Waals surface area contributed by atoms with Gasteiger partial charge in [-0.1, -0.05) is 145 Å². The fraction of sp³-hybridized carbons (Fsp3) is 0.727. The van der Waals surface area contributed by atoms with Crippen molar-refractivity contribution in [3.05, 3.63) is 60.8 Å². The van der Waals surface area contributed by atoms with Crippen LogP contribution in [0.2, 0.25) is 0 Å². The number of phosphoric acid groups is 2. The number of aliphatic hydroxyl groups excluding tert-OH is 4. The van der Waals surface area contributed by atoms with Gasteiger partial charge in [0.2, 0.25) is 0 Å². The van der Waals surface area contributed by atoms with Gasteiger partial charge in [-0.3, -0.25) is 23.2 Å². The lowest BCUT2D eigenvalue weighted by Gasteiger charge is -2.20. The number of hydrogen-bond acceptors (Lipinski definition) is 13. The number of esters is 2. The number of rotatable bonds is 41. The van der Waals surface area contributed by atoms with Crippen molar-refractivity contribution in [1.29, 1.82) is 0 Å². The SMILES string of the molecule is CCCCCCCC/C=C\CCCCCCCC(=O)O[C@H](COC(=O)CCC[C@@H](O)[C@H](O)/C=C/C=C/C=C\C=C\[C@H](O)CCCCC)COP(=O)(O)OC[C@@H](O)COP(=O)(O)O. The third-order valence-electron chi connectivity index (χ3n) is 9.24. The van der Waals surface area contributed by atoms with Crippen LogP contribution in [-0.4, -0.2) is 104 Å². The number of aliphatic hydroxyl groups is 4. The summed E-state index contributed by atoms with van der Waals surface area (Å²) in [7, 11) is -9.80. The van der Waals surface area contributed by atoms with Crippen LogP contribution in [-0.2, 0) is 41.8 Å². The van der Waals surface area contributed by atoms with Gasteiger partial charge in [-0.05, 0) is 51.4 Å². The molecule has 6 atom stereocenters. The Morgan fingerprint density at radius 3 is 1.69 bits per heavy atom. The largest absolute Gasteiger partial charge is 0.472 e. The highest BCUT2D eigenvalue weighted by Gasteiger charge is 2.28. The highest BCUT2D eigenvalue weighted by Crippen LogP contribution is 2.43. The minimum absolute atomic E-state index is 0.0460. The van der Waals surface area contributed by atoms with Crippen LogP contribution in [0, 0.1) is 0 Å². The number of carbonyl (C=O) groups excluding carboxylic acids is 2. The molecule has 62 heavy (non-hydrogen) atoms. The maximum Gasteiger partial charge on any atom is 0.472 e. The minimum atomic E-state index is -4.90. The number of hydrogen-bond donors (Lipinski definition) is 7. The molecule has 7 N–H and O–H groups in total. The molecule has 0 saturated heterocycles. The molecule has 0 aromatic heterocycles. The summed E-state index contributed by atoms with van der Waals surface area (Å²) in [5.41, 5.74) is 0. The molecule has 0 bridgehead atoms. The van der Waals surface area contributed by atoms with Gasteiger partial charge in [-0.2, -0.15) is 0 Å². The average molecular weight is 925 g/mol. The molecule has 0 aliphatic rings. The zero-order chi connectivity index (χ0) is 46.3. The molecule has 0 spiro atoms. The average Bonchev–Trinajstić information content (AvgIpc) is 3.22. The Hall–Kier alpha value is -2.30. The van der Waals surface area contributed by atoms with E-state index in [0.717, 1.165) is 64.2 Å². The van der Waals surface area contributed by atoms with Gasteiger partial charge in [0.1, 0.15) is 12.7 Å². The van der Waals surface area contributed by atoms with Crippen molar-refractivity contribution in [3.8, 4) is 0 Å². The third kappa shape index (κ3) is 40.5. The summed E-state index contributed by atoms with van der Waals surface area (Å²) in [6, 6.07) is 0. The summed E-state index contributed by atoms with van der Waals surface area (Å²) in [5, 5.41) is 40.2. The van der Waals surface area contributed by atoms with E-state index in [2.05, 4.69) is 35.0 Å². The van der Waals surface area contributed by atoms with Crippen LogP contribution >= 0.6 is 15.6 Å². The number of ether oxygens (including phenoxy) is 2. The summed E-state index contributed by atoms with van der Waals surface area (Å²) in [5.74, 6) is -1.37. The van der Waals surface area contributed by atoms with Gasteiger partial charge < -0.3 is 44.6 Å². The zero-order valence-corrected chi connectivity index (χ0v) is 38.8. The number of phosphoric ester groups is 2. The Labute approximate surface area is 370 Å². The predicted molar refractivity (Wildman–Crippen MR) is 239 cm³/mol. The highest BCUT2D eigenvalue weighted by molar-refractivity contribution is 7.47. The second-order valence-corrected chi connectivity index (χ2v) is 17.9. The molecule has 0 saturated carbocycles. The molecular formula is C44H78O16P2. The molecule has 0 aliphatic carbocycles. The minimum Gasteiger partial charge on any atom is -0.462 e. The van der Waals surface area contributed by atoms with Crippen molar-refractivity contribution in [1.82, 2.24) is 0 Å². The fourth-order valence-corrected chi connectivity index (χ4v) is 6.82. The molecule has 0 amide bonds. The molecule has 16 nitrogen and oxygen atoms in total. The molecule has 360 valence electrons. The molecule has 0 aromatic carbocycles. The van der Waals surface area contributed by atoms with E-state index >= 15 is 0 Å². The molecule has 0 heterocycles. The molecule has 0 fully saturated rings. The molecular weight excluding hydrogens is 846 g/mol. The highest BCUT2D eigenvalue weighted by atomic mass is 31.2. The lowest BCUT2D eigenvalue weighted by molar-refractivity contribution is -0.161. The molecule has 0 radical (unpaired) electrons. The van der Waals surface area contributed by atoms with Gasteiger partial charge in [0.05, 0.1) is 38.1 Å². The number of allylic oxidation sites excluding steroid dienone is 8. The van der Waals surface area contributed by atoms with Crippen molar-refractivity contribution in [2.24, 2.45) is 0 Å².